The number of aromatic nitrogens is 2. The van der Waals surface area contributed by atoms with Crippen LogP contribution in [0.3, 0.4) is 0 Å². The Morgan fingerprint density at radius 3 is 2.31 bits per heavy atom. The van der Waals surface area contributed by atoms with E-state index in [1.165, 1.54) is 13.8 Å². The van der Waals surface area contributed by atoms with Crippen molar-refractivity contribution in [2.24, 2.45) is 7.05 Å². The summed E-state index contributed by atoms with van der Waals surface area (Å²) in [6.07, 6.45) is -4.99. The van der Waals surface area contributed by atoms with Gasteiger partial charge in [0.05, 0.1) is 22.3 Å². The summed E-state index contributed by atoms with van der Waals surface area (Å²) in [4.78, 5) is 36.9. The van der Waals surface area contributed by atoms with Gasteiger partial charge in [0.1, 0.15) is 17.1 Å². The zero-order valence-corrected chi connectivity index (χ0v) is 15.9. The van der Waals surface area contributed by atoms with Crippen molar-refractivity contribution in [2.45, 2.75) is 25.6 Å². The monoisotopic (exact) mass is 432 g/mol. The molecular weight excluding hydrogens is 420 g/mol. The van der Waals surface area contributed by atoms with E-state index in [4.69, 9.17) is 16.9 Å². The summed E-state index contributed by atoms with van der Waals surface area (Å²) in [5.74, 6) is -2.13. The van der Waals surface area contributed by atoms with Crippen molar-refractivity contribution >= 4 is 17.5 Å². The van der Waals surface area contributed by atoms with E-state index in [0.717, 1.165) is 13.1 Å². The van der Waals surface area contributed by atoms with Gasteiger partial charge >= 0.3 is 11.9 Å². The third kappa shape index (κ3) is 4.32. The summed E-state index contributed by atoms with van der Waals surface area (Å²) in [5, 5.41) is 10.9. The Morgan fingerprint density at radius 1 is 1.21 bits per heavy atom. The third-order valence-corrected chi connectivity index (χ3v) is 4.15. The molecule has 0 bridgehead atoms. The van der Waals surface area contributed by atoms with Crippen molar-refractivity contribution in [2.75, 3.05) is 0 Å². The summed E-state index contributed by atoms with van der Waals surface area (Å²) >= 11 is 5.85. The lowest BCUT2D eigenvalue weighted by Gasteiger charge is -2.19. The number of carbonyl (C=O) groups is 1. The maximum absolute atomic E-state index is 14.4. The number of halogens is 5. The smallest absolute Gasteiger partial charge is 0.334 e. The highest BCUT2D eigenvalue weighted by Gasteiger charge is 2.35. The third-order valence-electron chi connectivity index (χ3n) is 3.84. The Kier molecular flexibility index (Phi) is 5.63. The van der Waals surface area contributed by atoms with Gasteiger partial charge < -0.3 is 5.32 Å². The van der Waals surface area contributed by atoms with Crippen LogP contribution in [0.25, 0.3) is 5.69 Å². The molecule has 154 valence electrons. The fourth-order valence-electron chi connectivity index (χ4n) is 2.38. The lowest BCUT2D eigenvalue weighted by Crippen LogP contribution is -2.43. The van der Waals surface area contributed by atoms with E-state index in [1.54, 1.807) is 6.07 Å². The minimum absolute atomic E-state index is 0.133. The largest absolute Gasteiger partial charge is 0.431 e. The van der Waals surface area contributed by atoms with Gasteiger partial charge in [0.25, 0.3) is 11.5 Å². The van der Waals surface area contributed by atoms with E-state index in [0.29, 0.717) is 6.07 Å². The van der Waals surface area contributed by atoms with Gasteiger partial charge in [-0.1, -0.05) is 11.6 Å². The Hall–Kier alpha value is -3.13. The fraction of sp³-hybridized carbons (Fsp3) is 0.294. The van der Waals surface area contributed by atoms with Gasteiger partial charge in [0, 0.05) is 13.1 Å². The van der Waals surface area contributed by atoms with Crippen LogP contribution in [0.5, 0.6) is 0 Å². The molecule has 7 nitrogen and oxygen atoms in total. The number of rotatable bonds is 3. The summed E-state index contributed by atoms with van der Waals surface area (Å²) < 4.78 is 53.6. The highest BCUT2D eigenvalue weighted by molar-refractivity contribution is 6.34. The molecule has 0 radical (unpaired) electrons. The van der Waals surface area contributed by atoms with E-state index in [2.05, 4.69) is 5.32 Å². The van der Waals surface area contributed by atoms with Crippen LogP contribution in [0.2, 0.25) is 5.02 Å². The molecule has 12 heteroatoms. The number of hydrogen-bond donors (Lipinski definition) is 1. The number of nitriles is 1. The van der Waals surface area contributed by atoms with Crippen molar-refractivity contribution in [3.05, 3.63) is 61.1 Å². The molecule has 0 saturated heterocycles. The maximum Gasteiger partial charge on any atom is 0.431 e. The number of nitrogens with zero attached hydrogens (tertiary/aromatic N) is 3. The van der Waals surface area contributed by atoms with Crippen LogP contribution in [-0.2, 0) is 13.2 Å². The van der Waals surface area contributed by atoms with Gasteiger partial charge in [-0.05, 0) is 26.0 Å². The second kappa shape index (κ2) is 7.36. The zero-order valence-electron chi connectivity index (χ0n) is 15.2. The minimum atomic E-state index is -4.99. The molecule has 1 heterocycles. The molecule has 0 fully saturated rings. The van der Waals surface area contributed by atoms with Crippen LogP contribution in [-0.4, -0.2) is 20.6 Å². The normalized spacial score (nSPS) is 11.8. The molecule has 0 atom stereocenters. The Labute approximate surface area is 165 Å². The van der Waals surface area contributed by atoms with Gasteiger partial charge in [-0.15, -0.1) is 0 Å². The Bertz CT molecular complexity index is 1160. The molecule has 0 saturated carbocycles. The quantitative estimate of drug-likeness (QED) is 0.753. The van der Waals surface area contributed by atoms with Crippen LogP contribution in [0.1, 0.15) is 29.9 Å². The second-order valence-electron chi connectivity index (χ2n) is 6.52. The molecule has 1 aromatic carbocycles. The molecule has 0 aliphatic heterocycles. The molecule has 1 N–H and O–H groups in total. The maximum atomic E-state index is 14.4. The average Bonchev–Trinajstić information content (AvgIpc) is 2.58. The molecule has 0 aliphatic carbocycles. The lowest BCUT2D eigenvalue weighted by atomic mass is 10.1. The fourth-order valence-corrected chi connectivity index (χ4v) is 2.62. The van der Waals surface area contributed by atoms with Gasteiger partial charge in [-0.25, -0.2) is 13.8 Å². The van der Waals surface area contributed by atoms with E-state index >= 15 is 0 Å². The van der Waals surface area contributed by atoms with Gasteiger partial charge in [-0.3, -0.25) is 14.2 Å². The molecule has 0 unspecified atom stereocenters. The van der Waals surface area contributed by atoms with Crippen molar-refractivity contribution < 1.29 is 22.4 Å². The SMILES string of the molecule is Cn1c(C(F)(F)F)cc(=O)n(-c2cc(C(=O)NC(C)(C)C#N)c(Cl)cc2F)c1=O. The zero-order chi connectivity index (χ0) is 22.3. The van der Waals surface area contributed by atoms with E-state index < -0.39 is 51.1 Å². The Morgan fingerprint density at radius 2 is 1.79 bits per heavy atom. The first-order valence-corrected chi connectivity index (χ1v) is 8.21. The molecule has 0 aliphatic rings. The number of amides is 1. The van der Waals surface area contributed by atoms with E-state index in [-0.39, 0.29) is 20.8 Å². The summed E-state index contributed by atoms with van der Waals surface area (Å²) in [6, 6.07) is 3.31. The number of hydrogen-bond acceptors (Lipinski definition) is 4. The van der Waals surface area contributed by atoms with Crippen LogP contribution in [0.4, 0.5) is 17.6 Å². The number of carbonyl (C=O) groups excluding carboxylic acids is 1. The molecule has 0 spiro atoms. The lowest BCUT2D eigenvalue weighted by molar-refractivity contribution is -0.144. The molecule has 29 heavy (non-hydrogen) atoms. The highest BCUT2D eigenvalue weighted by atomic mass is 35.5. The van der Waals surface area contributed by atoms with Crippen LogP contribution >= 0.6 is 11.6 Å². The summed E-state index contributed by atoms with van der Waals surface area (Å²) in [6.45, 7) is 2.75. The molecule has 1 amide bonds. The molecule has 2 rings (SSSR count). The molecule has 1 aromatic heterocycles. The predicted octanol–water partition coefficient (Wildman–Crippen LogP) is 2.38. The van der Waals surface area contributed by atoms with Crippen LogP contribution < -0.4 is 16.6 Å². The van der Waals surface area contributed by atoms with E-state index in [9.17, 15) is 31.9 Å². The molecule has 2 aromatic rings. The average molecular weight is 433 g/mol. The van der Waals surface area contributed by atoms with Gasteiger partial charge in [-0.2, -0.15) is 18.4 Å². The Balaban J connectivity index is 2.74. The summed E-state index contributed by atoms with van der Waals surface area (Å²) in [5.41, 5.74) is -6.93. The topological polar surface area (TPSA) is 96.9 Å². The minimum Gasteiger partial charge on any atom is -0.334 e. The predicted molar refractivity (Wildman–Crippen MR) is 94.4 cm³/mol. The van der Waals surface area contributed by atoms with E-state index in [1.807, 2.05) is 0 Å². The van der Waals surface area contributed by atoms with Crippen molar-refractivity contribution in [3.8, 4) is 11.8 Å². The first kappa shape index (κ1) is 22.2. The second-order valence-corrected chi connectivity index (χ2v) is 6.92. The van der Waals surface area contributed by atoms with Crippen molar-refractivity contribution in [1.82, 2.24) is 14.5 Å². The number of nitrogens with one attached hydrogen (secondary N) is 1. The van der Waals surface area contributed by atoms with Crippen molar-refractivity contribution in [1.29, 1.82) is 5.26 Å². The number of benzene rings is 1. The van der Waals surface area contributed by atoms with Gasteiger partial charge in [0.15, 0.2) is 0 Å². The number of alkyl halides is 3. The van der Waals surface area contributed by atoms with Crippen LogP contribution in [0, 0.1) is 17.1 Å². The first-order valence-electron chi connectivity index (χ1n) is 7.83. The van der Waals surface area contributed by atoms with Gasteiger partial charge in [0.2, 0.25) is 0 Å². The molecular formula is C17H13ClF4N4O3. The highest BCUT2D eigenvalue weighted by Crippen LogP contribution is 2.27. The summed E-state index contributed by atoms with van der Waals surface area (Å²) in [7, 11) is 0.762. The van der Waals surface area contributed by atoms with Crippen molar-refractivity contribution in [3.63, 3.8) is 0 Å². The standard InChI is InChI=1S/C17H13ClF4N4O3/c1-16(2,7-23)24-14(28)8-4-11(10(19)5-9(8)18)26-13(27)6-12(17(20,21)22)25(3)15(26)29/h4-6H,1-3H3,(H,24,28). The van der Waals surface area contributed by atoms with Crippen LogP contribution in [0.15, 0.2) is 27.8 Å². The first-order chi connectivity index (χ1) is 13.2.